The van der Waals surface area contributed by atoms with Crippen LogP contribution in [0.25, 0.3) is 0 Å². The number of amides is 1. The fourth-order valence-electron chi connectivity index (χ4n) is 2.31. The van der Waals surface area contributed by atoms with Crippen LogP contribution in [0, 0.1) is 5.82 Å². The zero-order chi connectivity index (χ0) is 16.8. The van der Waals surface area contributed by atoms with Gasteiger partial charge < -0.3 is 9.64 Å². The summed E-state index contributed by atoms with van der Waals surface area (Å²) in [5.41, 5.74) is 1.80. The van der Waals surface area contributed by atoms with Crippen LogP contribution in [0.5, 0.6) is 5.75 Å². The summed E-state index contributed by atoms with van der Waals surface area (Å²) in [6, 6.07) is 11.5. The van der Waals surface area contributed by atoms with E-state index in [0.717, 1.165) is 11.1 Å². The number of nitrogens with zero attached hydrogens (tertiary/aromatic N) is 1. The molecule has 0 unspecified atom stereocenters. The van der Waals surface area contributed by atoms with Crippen molar-refractivity contribution in [1.29, 1.82) is 0 Å². The third-order valence-corrected chi connectivity index (χ3v) is 3.85. The molecule has 0 N–H and O–H groups in total. The van der Waals surface area contributed by atoms with E-state index in [-0.39, 0.29) is 11.7 Å². The number of hydrogen-bond acceptors (Lipinski definition) is 2. The second-order valence-corrected chi connectivity index (χ2v) is 5.77. The number of carbonyl (C=O) groups is 1. The maximum Gasteiger partial charge on any atom is 0.222 e. The van der Waals surface area contributed by atoms with Crippen molar-refractivity contribution in [1.82, 2.24) is 4.90 Å². The zero-order valence-corrected chi connectivity index (χ0v) is 13.9. The molecule has 0 saturated carbocycles. The molecule has 0 spiro atoms. The molecule has 5 heteroatoms. The number of halogens is 2. The lowest BCUT2D eigenvalue weighted by atomic mass is 10.1. The zero-order valence-electron chi connectivity index (χ0n) is 13.2. The molecule has 122 valence electrons. The lowest BCUT2D eigenvalue weighted by Gasteiger charge is -2.19. The average Bonchev–Trinajstić information content (AvgIpc) is 2.54. The van der Waals surface area contributed by atoms with Crippen LogP contribution in [0.3, 0.4) is 0 Å². The molecule has 0 bridgehead atoms. The Morgan fingerprint density at radius 2 is 1.91 bits per heavy atom. The van der Waals surface area contributed by atoms with Crippen LogP contribution in [0.15, 0.2) is 42.5 Å². The minimum atomic E-state index is -0.273. The Balaban J connectivity index is 1.94. The van der Waals surface area contributed by atoms with Crippen LogP contribution in [0.2, 0.25) is 5.02 Å². The third-order valence-electron chi connectivity index (χ3n) is 3.62. The molecule has 0 aliphatic carbocycles. The van der Waals surface area contributed by atoms with Crippen LogP contribution in [0.1, 0.15) is 17.5 Å². The number of carbonyl (C=O) groups excluding carboxylic acids is 1. The molecule has 0 atom stereocenters. The highest BCUT2D eigenvalue weighted by molar-refractivity contribution is 6.30. The summed E-state index contributed by atoms with van der Waals surface area (Å²) in [5.74, 6) is 0.439. The lowest BCUT2D eigenvalue weighted by Crippen LogP contribution is -2.26. The van der Waals surface area contributed by atoms with Gasteiger partial charge in [0.15, 0.2) is 0 Å². The second-order valence-electron chi connectivity index (χ2n) is 5.33. The predicted molar refractivity (Wildman–Crippen MR) is 89.2 cm³/mol. The van der Waals surface area contributed by atoms with Gasteiger partial charge in [-0.3, -0.25) is 4.79 Å². The van der Waals surface area contributed by atoms with E-state index in [4.69, 9.17) is 16.3 Å². The largest absolute Gasteiger partial charge is 0.496 e. The highest BCUT2D eigenvalue weighted by Gasteiger charge is 2.12. The molecule has 0 aromatic heterocycles. The molecule has 0 saturated heterocycles. The first kappa shape index (κ1) is 17.3. The number of benzene rings is 2. The number of ether oxygens (including phenoxy) is 1. The molecule has 2 aromatic carbocycles. The molecular weight excluding hydrogens is 317 g/mol. The molecular formula is C18H19ClFNO2. The predicted octanol–water partition coefficient (Wildman–Crippen LogP) is 4.08. The quantitative estimate of drug-likeness (QED) is 0.796. The van der Waals surface area contributed by atoms with Crippen molar-refractivity contribution in [3.05, 3.63) is 64.4 Å². The maximum atomic E-state index is 12.9. The number of methoxy groups -OCH3 is 1. The lowest BCUT2D eigenvalue weighted by molar-refractivity contribution is -0.130. The van der Waals surface area contributed by atoms with Crippen LogP contribution >= 0.6 is 11.6 Å². The molecule has 0 heterocycles. The van der Waals surface area contributed by atoms with E-state index in [0.29, 0.717) is 30.2 Å². The van der Waals surface area contributed by atoms with E-state index in [1.807, 2.05) is 0 Å². The number of hydrogen-bond donors (Lipinski definition) is 0. The standard InChI is InChI=1S/C18H19ClFNO2/c1-21(12-14-11-15(19)6-9-17(14)23-2)18(22)10-5-13-3-7-16(20)8-4-13/h3-4,6-9,11H,5,10,12H2,1-2H3. The SMILES string of the molecule is COc1ccc(Cl)cc1CN(C)C(=O)CCc1ccc(F)cc1. The molecule has 2 rings (SSSR count). The van der Waals surface area contributed by atoms with Gasteiger partial charge in [-0.25, -0.2) is 4.39 Å². The van der Waals surface area contributed by atoms with Crippen LogP contribution in [-0.2, 0) is 17.8 Å². The molecule has 0 radical (unpaired) electrons. The summed E-state index contributed by atoms with van der Waals surface area (Å²) >= 11 is 6.00. The van der Waals surface area contributed by atoms with Crippen molar-refractivity contribution < 1.29 is 13.9 Å². The van der Waals surface area contributed by atoms with Gasteiger partial charge >= 0.3 is 0 Å². The first-order valence-electron chi connectivity index (χ1n) is 7.30. The van der Waals surface area contributed by atoms with Crippen LogP contribution in [-0.4, -0.2) is 25.0 Å². The van der Waals surface area contributed by atoms with Crippen LogP contribution < -0.4 is 4.74 Å². The van der Waals surface area contributed by atoms with E-state index in [9.17, 15) is 9.18 Å². The van der Waals surface area contributed by atoms with Crippen molar-refractivity contribution >= 4 is 17.5 Å². The maximum absolute atomic E-state index is 12.9. The topological polar surface area (TPSA) is 29.5 Å². The highest BCUT2D eigenvalue weighted by Crippen LogP contribution is 2.24. The summed E-state index contributed by atoms with van der Waals surface area (Å²) in [4.78, 5) is 13.9. The summed E-state index contributed by atoms with van der Waals surface area (Å²) in [7, 11) is 3.33. The normalized spacial score (nSPS) is 10.4. The van der Waals surface area contributed by atoms with Crippen molar-refractivity contribution in [2.45, 2.75) is 19.4 Å². The highest BCUT2D eigenvalue weighted by atomic mass is 35.5. The first-order chi connectivity index (χ1) is 11.0. The Hall–Kier alpha value is -2.07. The number of rotatable bonds is 6. The van der Waals surface area contributed by atoms with Gasteiger partial charge in [0.2, 0.25) is 5.91 Å². The average molecular weight is 336 g/mol. The summed E-state index contributed by atoms with van der Waals surface area (Å²) in [5, 5.41) is 0.605. The Bertz CT molecular complexity index is 673. The molecule has 23 heavy (non-hydrogen) atoms. The first-order valence-corrected chi connectivity index (χ1v) is 7.68. The summed E-state index contributed by atoms with van der Waals surface area (Å²) in [6.45, 7) is 0.423. The molecule has 3 nitrogen and oxygen atoms in total. The van der Waals surface area contributed by atoms with E-state index in [1.54, 1.807) is 49.4 Å². The van der Waals surface area contributed by atoms with Crippen molar-refractivity contribution in [3.8, 4) is 5.75 Å². The minimum absolute atomic E-state index is 0.0105. The monoisotopic (exact) mass is 335 g/mol. The Morgan fingerprint density at radius 3 is 2.57 bits per heavy atom. The van der Waals surface area contributed by atoms with E-state index < -0.39 is 0 Å². The summed E-state index contributed by atoms with van der Waals surface area (Å²) < 4.78 is 18.2. The molecule has 0 aliphatic rings. The van der Waals surface area contributed by atoms with Gasteiger partial charge in [0.05, 0.1) is 7.11 Å². The van der Waals surface area contributed by atoms with Crippen LogP contribution in [0.4, 0.5) is 4.39 Å². The smallest absolute Gasteiger partial charge is 0.222 e. The number of aryl methyl sites for hydroxylation is 1. The third kappa shape index (κ3) is 4.96. The fourth-order valence-corrected chi connectivity index (χ4v) is 2.50. The van der Waals surface area contributed by atoms with Crippen molar-refractivity contribution in [3.63, 3.8) is 0 Å². The van der Waals surface area contributed by atoms with E-state index in [1.165, 1.54) is 12.1 Å². The summed E-state index contributed by atoms with van der Waals surface area (Å²) in [6.07, 6.45) is 0.946. The van der Waals surface area contributed by atoms with Gasteiger partial charge in [-0.1, -0.05) is 23.7 Å². The second kappa shape index (κ2) is 7.97. The van der Waals surface area contributed by atoms with Gasteiger partial charge in [0.25, 0.3) is 0 Å². The van der Waals surface area contributed by atoms with Gasteiger partial charge in [0.1, 0.15) is 11.6 Å². The van der Waals surface area contributed by atoms with Crippen molar-refractivity contribution in [2.24, 2.45) is 0 Å². The Labute approximate surface area is 140 Å². The molecule has 2 aromatic rings. The minimum Gasteiger partial charge on any atom is -0.496 e. The van der Waals surface area contributed by atoms with Gasteiger partial charge in [-0.2, -0.15) is 0 Å². The van der Waals surface area contributed by atoms with E-state index in [2.05, 4.69) is 0 Å². The molecule has 1 amide bonds. The van der Waals surface area contributed by atoms with E-state index >= 15 is 0 Å². The van der Waals surface area contributed by atoms with Gasteiger partial charge in [0, 0.05) is 30.6 Å². The van der Waals surface area contributed by atoms with Crippen molar-refractivity contribution in [2.75, 3.05) is 14.2 Å². The van der Waals surface area contributed by atoms with Gasteiger partial charge in [-0.15, -0.1) is 0 Å². The Kier molecular flexibility index (Phi) is 5.99. The Morgan fingerprint density at radius 1 is 1.22 bits per heavy atom. The van der Waals surface area contributed by atoms with Gasteiger partial charge in [-0.05, 0) is 42.3 Å². The fraction of sp³-hybridized carbons (Fsp3) is 0.278. The molecule has 0 aliphatic heterocycles. The molecule has 0 fully saturated rings.